The molecule has 0 bridgehead atoms. The van der Waals surface area contributed by atoms with Crippen molar-refractivity contribution >= 4 is 0 Å². The Morgan fingerprint density at radius 1 is 1.33 bits per heavy atom. The van der Waals surface area contributed by atoms with E-state index >= 15 is 0 Å². The van der Waals surface area contributed by atoms with Crippen molar-refractivity contribution in [3.05, 3.63) is 0 Å². The molecule has 1 heterocycles. The highest BCUT2D eigenvalue weighted by atomic mass is 16.5. The third-order valence-corrected chi connectivity index (χ3v) is 4.20. The van der Waals surface area contributed by atoms with E-state index in [0.717, 1.165) is 6.54 Å². The number of aliphatic hydroxyl groups is 1. The molecule has 3 heteroatoms. The molecule has 0 radical (unpaired) electrons. The minimum absolute atomic E-state index is 0.161. The smallest absolute Gasteiger partial charge is 0.0948 e. The predicted molar refractivity (Wildman–Crippen MR) is 59.8 cm³/mol. The first kappa shape index (κ1) is 11.4. The Hall–Kier alpha value is -0.120. The maximum Gasteiger partial charge on any atom is 0.0948 e. The van der Waals surface area contributed by atoms with Crippen LogP contribution in [-0.2, 0) is 4.74 Å². The zero-order valence-corrected chi connectivity index (χ0v) is 9.67. The zero-order chi connectivity index (χ0) is 10.7. The van der Waals surface area contributed by atoms with E-state index in [2.05, 4.69) is 12.2 Å². The highest BCUT2D eigenvalue weighted by Gasteiger charge is 2.34. The molecule has 1 saturated heterocycles. The number of aliphatic hydroxyl groups excluding tert-OH is 1. The van der Waals surface area contributed by atoms with Gasteiger partial charge >= 0.3 is 0 Å². The van der Waals surface area contributed by atoms with Crippen LogP contribution in [-0.4, -0.2) is 37.0 Å². The van der Waals surface area contributed by atoms with Crippen LogP contribution in [0.1, 0.15) is 39.0 Å². The van der Waals surface area contributed by atoms with Crippen molar-refractivity contribution in [3.8, 4) is 0 Å². The second-order valence-electron chi connectivity index (χ2n) is 5.15. The highest BCUT2D eigenvalue weighted by Crippen LogP contribution is 2.40. The molecule has 2 atom stereocenters. The molecule has 2 rings (SSSR count). The van der Waals surface area contributed by atoms with Gasteiger partial charge in [0.25, 0.3) is 0 Å². The Kier molecular flexibility index (Phi) is 3.65. The number of nitrogens with one attached hydrogen (secondary N) is 1. The first-order chi connectivity index (χ1) is 7.26. The standard InChI is InChI=1S/C12H23NO2/c1-2-12(5-3-4-6-12)9-13-10-7-15-8-11(10)14/h10-11,13-14H,2-9H2,1H3. The van der Waals surface area contributed by atoms with Gasteiger partial charge in [-0.15, -0.1) is 0 Å². The second-order valence-corrected chi connectivity index (χ2v) is 5.15. The van der Waals surface area contributed by atoms with Crippen molar-refractivity contribution < 1.29 is 9.84 Å². The molecular formula is C12H23NO2. The van der Waals surface area contributed by atoms with Gasteiger partial charge in [-0.2, -0.15) is 0 Å². The average Bonchev–Trinajstić information content (AvgIpc) is 2.85. The van der Waals surface area contributed by atoms with Crippen LogP contribution in [0.2, 0.25) is 0 Å². The Morgan fingerprint density at radius 3 is 2.60 bits per heavy atom. The van der Waals surface area contributed by atoms with E-state index < -0.39 is 0 Å². The van der Waals surface area contributed by atoms with Gasteiger partial charge in [0.2, 0.25) is 0 Å². The van der Waals surface area contributed by atoms with Gasteiger partial charge in [0.1, 0.15) is 0 Å². The quantitative estimate of drug-likeness (QED) is 0.740. The molecule has 15 heavy (non-hydrogen) atoms. The van der Waals surface area contributed by atoms with Gasteiger partial charge in [0.05, 0.1) is 25.4 Å². The van der Waals surface area contributed by atoms with E-state index in [-0.39, 0.29) is 12.1 Å². The third-order valence-electron chi connectivity index (χ3n) is 4.20. The van der Waals surface area contributed by atoms with Crippen LogP contribution < -0.4 is 5.32 Å². The lowest BCUT2D eigenvalue weighted by Gasteiger charge is -2.30. The normalized spacial score (nSPS) is 34.8. The van der Waals surface area contributed by atoms with Gasteiger partial charge in [-0.1, -0.05) is 19.8 Å². The lowest BCUT2D eigenvalue weighted by Crippen LogP contribution is -2.44. The molecule has 1 saturated carbocycles. The fraction of sp³-hybridized carbons (Fsp3) is 1.00. The maximum atomic E-state index is 9.63. The zero-order valence-electron chi connectivity index (χ0n) is 9.67. The first-order valence-electron chi connectivity index (χ1n) is 6.25. The van der Waals surface area contributed by atoms with Crippen LogP contribution in [0.4, 0.5) is 0 Å². The van der Waals surface area contributed by atoms with Gasteiger partial charge < -0.3 is 15.2 Å². The minimum Gasteiger partial charge on any atom is -0.389 e. The maximum absolute atomic E-state index is 9.63. The molecule has 0 spiro atoms. The lowest BCUT2D eigenvalue weighted by molar-refractivity contribution is 0.120. The van der Waals surface area contributed by atoms with Gasteiger partial charge in [0.15, 0.2) is 0 Å². The van der Waals surface area contributed by atoms with Crippen molar-refractivity contribution in [1.82, 2.24) is 5.32 Å². The first-order valence-corrected chi connectivity index (χ1v) is 6.25. The van der Waals surface area contributed by atoms with Gasteiger partial charge in [-0.3, -0.25) is 0 Å². The molecule has 0 amide bonds. The number of hydrogen-bond donors (Lipinski definition) is 2. The summed E-state index contributed by atoms with van der Waals surface area (Å²) in [6.07, 6.45) is 6.39. The summed E-state index contributed by atoms with van der Waals surface area (Å²) in [5.41, 5.74) is 0.502. The second kappa shape index (κ2) is 4.81. The van der Waals surface area contributed by atoms with Crippen molar-refractivity contribution in [2.75, 3.05) is 19.8 Å². The third kappa shape index (κ3) is 2.52. The fourth-order valence-corrected chi connectivity index (χ4v) is 2.87. The Bertz CT molecular complexity index is 202. The molecule has 0 aromatic carbocycles. The molecule has 0 aromatic heterocycles. The van der Waals surface area contributed by atoms with Gasteiger partial charge in [-0.05, 0) is 24.7 Å². The van der Waals surface area contributed by atoms with Crippen LogP contribution in [0.15, 0.2) is 0 Å². The van der Waals surface area contributed by atoms with E-state index in [9.17, 15) is 5.11 Å². The molecule has 1 aliphatic carbocycles. The van der Waals surface area contributed by atoms with Gasteiger partial charge in [0, 0.05) is 6.54 Å². The molecular weight excluding hydrogens is 190 g/mol. The average molecular weight is 213 g/mol. The monoisotopic (exact) mass is 213 g/mol. The summed E-state index contributed by atoms with van der Waals surface area (Å²) in [5.74, 6) is 0. The number of hydrogen-bond acceptors (Lipinski definition) is 3. The van der Waals surface area contributed by atoms with Gasteiger partial charge in [-0.25, -0.2) is 0 Å². The Morgan fingerprint density at radius 2 is 2.07 bits per heavy atom. The fourth-order valence-electron chi connectivity index (χ4n) is 2.87. The summed E-state index contributed by atoms with van der Waals surface area (Å²) in [6.45, 7) is 4.50. The van der Waals surface area contributed by atoms with Crippen molar-refractivity contribution in [3.63, 3.8) is 0 Å². The summed E-state index contributed by atoms with van der Waals surface area (Å²) in [7, 11) is 0. The SMILES string of the molecule is CCC1(CNC2COCC2O)CCCC1. The summed E-state index contributed by atoms with van der Waals surface area (Å²) < 4.78 is 5.24. The van der Waals surface area contributed by atoms with E-state index in [1.165, 1.54) is 32.1 Å². The summed E-state index contributed by atoms with van der Waals surface area (Å²) in [6, 6.07) is 0.161. The van der Waals surface area contributed by atoms with Crippen LogP contribution >= 0.6 is 0 Å². The van der Waals surface area contributed by atoms with E-state index in [1.807, 2.05) is 0 Å². The number of ether oxygens (including phenoxy) is 1. The summed E-state index contributed by atoms with van der Waals surface area (Å²) >= 11 is 0. The molecule has 3 nitrogen and oxygen atoms in total. The van der Waals surface area contributed by atoms with Crippen molar-refractivity contribution in [2.45, 2.75) is 51.2 Å². The molecule has 88 valence electrons. The molecule has 1 aliphatic heterocycles. The Labute approximate surface area is 92.2 Å². The molecule has 2 N–H and O–H groups in total. The van der Waals surface area contributed by atoms with Crippen LogP contribution in [0.3, 0.4) is 0 Å². The molecule has 0 aromatic rings. The molecule has 2 fully saturated rings. The van der Waals surface area contributed by atoms with Crippen molar-refractivity contribution in [1.29, 1.82) is 0 Å². The van der Waals surface area contributed by atoms with E-state index in [1.54, 1.807) is 0 Å². The van der Waals surface area contributed by atoms with Crippen LogP contribution in [0, 0.1) is 5.41 Å². The summed E-state index contributed by atoms with van der Waals surface area (Å²) in [4.78, 5) is 0. The Balaban J connectivity index is 1.80. The topological polar surface area (TPSA) is 41.5 Å². The van der Waals surface area contributed by atoms with Crippen molar-refractivity contribution in [2.24, 2.45) is 5.41 Å². The number of rotatable bonds is 4. The minimum atomic E-state index is -0.305. The lowest BCUT2D eigenvalue weighted by atomic mass is 9.83. The summed E-state index contributed by atoms with van der Waals surface area (Å²) in [5, 5.41) is 13.1. The largest absolute Gasteiger partial charge is 0.389 e. The van der Waals surface area contributed by atoms with E-state index in [0.29, 0.717) is 18.6 Å². The molecule has 2 unspecified atom stereocenters. The predicted octanol–water partition coefficient (Wildman–Crippen LogP) is 1.31. The van der Waals surface area contributed by atoms with Crippen LogP contribution in [0.25, 0.3) is 0 Å². The highest BCUT2D eigenvalue weighted by molar-refractivity contribution is 4.89. The molecule has 2 aliphatic rings. The van der Waals surface area contributed by atoms with Crippen LogP contribution in [0.5, 0.6) is 0 Å². The van der Waals surface area contributed by atoms with E-state index in [4.69, 9.17) is 4.74 Å².